The lowest BCUT2D eigenvalue weighted by Gasteiger charge is -2.25. The van der Waals surface area contributed by atoms with Crippen LogP contribution in [0.1, 0.15) is 44.2 Å². The molecule has 1 aromatic heterocycles. The first-order valence-electron chi connectivity index (χ1n) is 8.89. The zero-order valence-corrected chi connectivity index (χ0v) is 14.9. The third kappa shape index (κ3) is 4.91. The van der Waals surface area contributed by atoms with Crippen LogP contribution in [-0.4, -0.2) is 54.6 Å². The number of rotatable bonds is 4. The van der Waals surface area contributed by atoms with Crippen LogP contribution in [0.15, 0.2) is 5.38 Å². The Kier molecular flexibility index (Phi) is 5.89. The molecule has 0 spiro atoms. The molecular weight excluding hydrogens is 308 g/mol. The maximum atomic E-state index is 12.3. The van der Waals surface area contributed by atoms with Crippen LogP contribution in [0.25, 0.3) is 0 Å². The van der Waals surface area contributed by atoms with Crippen molar-refractivity contribution >= 4 is 22.4 Å². The Morgan fingerprint density at radius 2 is 2.04 bits per heavy atom. The van der Waals surface area contributed by atoms with Gasteiger partial charge in [-0.05, 0) is 26.2 Å². The molecule has 128 valence electrons. The van der Waals surface area contributed by atoms with E-state index in [-0.39, 0.29) is 5.91 Å². The monoisotopic (exact) mass is 336 g/mol. The van der Waals surface area contributed by atoms with E-state index in [1.165, 1.54) is 19.3 Å². The van der Waals surface area contributed by atoms with Crippen LogP contribution in [0, 0.1) is 6.92 Å². The molecule has 1 N–H and O–H groups in total. The van der Waals surface area contributed by atoms with E-state index >= 15 is 0 Å². The summed E-state index contributed by atoms with van der Waals surface area (Å²) >= 11 is 1.72. The van der Waals surface area contributed by atoms with E-state index < -0.39 is 0 Å². The number of nitrogens with zero attached hydrogens (tertiary/aromatic N) is 3. The number of carbonyl (C=O) groups is 1. The van der Waals surface area contributed by atoms with Crippen molar-refractivity contribution in [2.45, 2.75) is 51.5 Å². The normalized spacial score (nSPS) is 21.2. The summed E-state index contributed by atoms with van der Waals surface area (Å²) in [5, 5.41) is 6.46. The molecule has 5 nitrogen and oxygen atoms in total. The summed E-state index contributed by atoms with van der Waals surface area (Å²) in [7, 11) is 0. The molecule has 3 rings (SSSR count). The summed E-state index contributed by atoms with van der Waals surface area (Å²) in [4.78, 5) is 21.5. The fourth-order valence-corrected chi connectivity index (χ4v) is 4.39. The topological polar surface area (TPSA) is 48.5 Å². The molecule has 0 unspecified atom stereocenters. The Morgan fingerprint density at radius 3 is 2.78 bits per heavy atom. The quantitative estimate of drug-likeness (QED) is 0.917. The van der Waals surface area contributed by atoms with Crippen LogP contribution >= 0.6 is 11.3 Å². The first-order chi connectivity index (χ1) is 11.2. The zero-order valence-electron chi connectivity index (χ0n) is 14.1. The minimum atomic E-state index is 0.204. The number of thiazole rings is 1. The van der Waals surface area contributed by atoms with E-state index in [0.717, 1.165) is 56.3 Å². The van der Waals surface area contributed by atoms with Crippen molar-refractivity contribution in [1.82, 2.24) is 15.2 Å². The number of aryl methyl sites for hydroxylation is 1. The molecule has 0 atom stereocenters. The van der Waals surface area contributed by atoms with Crippen LogP contribution < -0.4 is 10.2 Å². The molecule has 1 saturated carbocycles. The van der Waals surface area contributed by atoms with Crippen LogP contribution in [0.5, 0.6) is 0 Å². The highest BCUT2D eigenvalue weighted by Crippen LogP contribution is 2.21. The summed E-state index contributed by atoms with van der Waals surface area (Å²) in [5.74, 6) is 0.204. The summed E-state index contributed by atoms with van der Waals surface area (Å²) in [6.45, 7) is 6.52. The van der Waals surface area contributed by atoms with Crippen molar-refractivity contribution < 1.29 is 4.79 Å². The number of nitrogens with one attached hydrogen (secondary N) is 1. The number of hydrogen-bond donors (Lipinski definition) is 1. The maximum absolute atomic E-state index is 12.3. The van der Waals surface area contributed by atoms with Gasteiger partial charge in [0.05, 0.1) is 12.2 Å². The first kappa shape index (κ1) is 16.7. The molecule has 1 aromatic rings. The fourth-order valence-electron chi connectivity index (χ4n) is 3.53. The predicted molar refractivity (Wildman–Crippen MR) is 95.1 cm³/mol. The van der Waals surface area contributed by atoms with Gasteiger partial charge in [0, 0.05) is 37.6 Å². The molecule has 23 heavy (non-hydrogen) atoms. The number of hydrogen-bond acceptors (Lipinski definition) is 5. The van der Waals surface area contributed by atoms with Crippen molar-refractivity contribution in [1.29, 1.82) is 0 Å². The Bertz CT molecular complexity index is 512. The van der Waals surface area contributed by atoms with Gasteiger partial charge in [-0.1, -0.05) is 19.3 Å². The van der Waals surface area contributed by atoms with Crippen LogP contribution in [-0.2, 0) is 4.79 Å². The first-order valence-corrected chi connectivity index (χ1v) is 9.77. The number of carbonyl (C=O) groups excluding carboxylic acids is 1. The van der Waals surface area contributed by atoms with Crippen molar-refractivity contribution in [3.63, 3.8) is 0 Å². The molecule has 1 aliphatic carbocycles. The summed E-state index contributed by atoms with van der Waals surface area (Å²) < 4.78 is 0. The highest BCUT2D eigenvalue weighted by Gasteiger charge is 2.21. The molecular formula is C17H28N4OS. The molecule has 2 heterocycles. The van der Waals surface area contributed by atoms with Gasteiger partial charge >= 0.3 is 0 Å². The zero-order chi connectivity index (χ0) is 16.1. The minimum Gasteiger partial charge on any atom is -0.352 e. The minimum absolute atomic E-state index is 0.204. The highest BCUT2D eigenvalue weighted by atomic mass is 32.1. The largest absolute Gasteiger partial charge is 0.352 e. The lowest BCUT2D eigenvalue weighted by Crippen LogP contribution is -2.43. The molecule has 0 radical (unpaired) electrons. The second kappa shape index (κ2) is 8.11. The number of aromatic nitrogens is 1. The van der Waals surface area contributed by atoms with Gasteiger partial charge in [-0.3, -0.25) is 9.69 Å². The molecule has 6 heteroatoms. The molecule has 0 bridgehead atoms. The van der Waals surface area contributed by atoms with Crippen molar-refractivity contribution in [3.8, 4) is 0 Å². The number of anilines is 1. The van der Waals surface area contributed by atoms with Crippen LogP contribution in [0.4, 0.5) is 5.13 Å². The maximum Gasteiger partial charge on any atom is 0.234 e. The number of amides is 1. The third-order valence-corrected chi connectivity index (χ3v) is 5.82. The van der Waals surface area contributed by atoms with Crippen molar-refractivity contribution in [2.24, 2.45) is 0 Å². The lowest BCUT2D eigenvalue weighted by atomic mass is 9.95. The second-order valence-corrected chi connectivity index (χ2v) is 7.63. The second-order valence-electron chi connectivity index (χ2n) is 6.79. The molecule has 1 saturated heterocycles. The van der Waals surface area contributed by atoms with E-state index in [1.807, 2.05) is 6.92 Å². The Balaban J connectivity index is 1.45. The fraction of sp³-hybridized carbons (Fsp3) is 0.765. The Labute approximate surface area is 143 Å². The van der Waals surface area contributed by atoms with Gasteiger partial charge in [0.15, 0.2) is 5.13 Å². The van der Waals surface area contributed by atoms with Gasteiger partial charge in [-0.2, -0.15) is 0 Å². The van der Waals surface area contributed by atoms with Gasteiger partial charge < -0.3 is 10.2 Å². The van der Waals surface area contributed by atoms with Crippen LogP contribution in [0.3, 0.4) is 0 Å². The van der Waals surface area contributed by atoms with Crippen molar-refractivity contribution in [3.05, 3.63) is 11.1 Å². The third-order valence-electron chi connectivity index (χ3n) is 4.80. The van der Waals surface area contributed by atoms with E-state index in [0.29, 0.717) is 12.6 Å². The predicted octanol–water partition coefficient (Wildman–Crippen LogP) is 2.41. The standard InChI is InChI=1S/C17H28N4OS/c1-14-13-23-17(18-14)21-9-5-8-20(10-11-21)12-16(22)19-15-6-3-2-4-7-15/h13,15H,2-12H2,1H3,(H,19,22). The molecule has 0 aromatic carbocycles. The highest BCUT2D eigenvalue weighted by molar-refractivity contribution is 7.13. The van der Waals surface area contributed by atoms with Gasteiger partial charge in [0.25, 0.3) is 0 Å². The summed E-state index contributed by atoms with van der Waals surface area (Å²) in [6.07, 6.45) is 7.25. The Morgan fingerprint density at radius 1 is 1.22 bits per heavy atom. The molecule has 1 aliphatic heterocycles. The van der Waals surface area contributed by atoms with Gasteiger partial charge in [0.2, 0.25) is 5.91 Å². The van der Waals surface area contributed by atoms with Gasteiger partial charge in [-0.15, -0.1) is 11.3 Å². The summed E-state index contributed by atoms with van der Waals surface area (Å²) in [5.41, 5.74) is 1.10. The lowest BCUT2D eigenvalue weighted by molar-refractivity contribution is -0.123. The smallest absolute Gasteiger partial charge is 0.234 e. The van der Waals surface area contributed by atoms with Crippen molar-refractivity contribution in [2.75, 3.05) is 37.6 Å². The average molecular weight is 337 g/mol. The van der Waals surface area contributed by atoms with E-state index in [1.54, 1.807) is 11.3 Å². The van der Waals surface area contributed by atoms with Crippen LogP contribution in [0.2, 0.25) is 0 Å². The van der Waals surface area contributed by atoms with E-state index in [9.17, 15) is 4.79 Å². The molecule has 2 aliphatic rings. The van der Waals surface area contributed by atoms with Gasteiger partial charge in [-0.25, -0.2) is 4.98 Å². The van der Waals surface area contributed by atoms with E-state index in [2.05, 4.69) is 25.5 Å². The summed E-state index contributed by atoms with van der Waals surface area (Å²) in [6, 6.07) is 0.415. The molecule has 1 amide bonds. The average Bonchev–Trinajstić information content (AvgIpc) is 2.84. The van der Waals surface area contributed by atoms with E-state index in [4.69, 9.17) is 0 Å². The Hall–Kier alpha value is -1.14. The van der Waals surface area contributed by atoms with Gasteiger partial charge in [0.1, 0.15) is 0 Å². The molecule has 2 fully saturated rings. The SMILES string of the molecule is Cc1csc(N2CCCN(CC(=O)NC3CCCCC3)CC2)n1.